The highest BCUT2D eigenvalue weighted by atomic mass is 35.5. The molecular formula is C12H12ClFN2OS. The quantitative estimate of drug-likeness (QED) is 0.798. The largest absolute Gasteiger partial charge is 0.416 e. The Morgan fingerprint density at radius 1 is 1.39 bits per heavy atom. The zero-order chi connectivity index (χ0) is 13.1. The maximum Gasteiger partial charge on any atom is 0.276 e. The molecule has 1 aromatic carbocycles. The summed E-state index contributed by atoms with van der Waals surface area (Å²) in [7, 11) is 0. The van der Waals surface area contributed by atoms with E-state index >= 15 is 0 Å². The van der Waals surface area contributed by atoms with E-state index in [-0.39, 0.29) is 12.2 Å². The molecular weight excluding hydrogens is 275 g/mol. The fraction of sp³-hybridized carbons (Fsp3) is 0.333. The highest BCUT2D eigenvalue weighted by molar-refractivity contribution is 7.99. The van der Waals surface area contributed by atoms with E-state index in [1.807, 2.05) is 13.8 Å². The summed E-state index contributed by atoms with van der Waals surface area (Å²) in [6.07, 6.45) is 0.206. The minimum Gasteiger partial charge on any atom is -0.416 e. The minimum atomic E-state index is -0.362. The number of hydrogen-bond donors (Lipinski definition) is 0. The second-order valence-electron chi connectivity index (χ2n) is 4.01. The Morgan fingerprint density at radius 3 is 2.83 bits per heavy atom. The van der Waals surface area contributed by atoms with Crippen molar-refractivity contribution in [3.05, 3.63) is 40.5 Å². The number of nitrogens with zero attached hydrogens (tertiary/aromatic N) is 2. The van der Waals surface area contributed by atoms with E-state index in [4.69, 9.17) is 16.0 Å². The van der Waals surface area contributed by atoms with E-state index in [1.54, 1.807) is 12.1 Å². The zero-order valence-corrected chi connectivity index (χ0v) is 11.6. The Bertz CT molecular complexity index is 524. The van der Waals surface area contributed by atoms with E-state index in [1.165, 1.54) is 17.8 Å². The molecule has 0 radical (unpaired) electrons. The van der Waals surface area contributed by atoms with Crippen LogP contribution >= 0.6 is 23.4 Å². The van der Waals surface area contributed by atoms with Crippen LogP contribution in [-0.4, -0.2) is 15.4 Å². The third-order valence-electron chi connectivity index (χ3n) is 2.17. The molecule has 0 unspecified atom stereocenters. The van der Waals surface area contributed by atoms with Crippen molar-refractivity contribution in [3.63, 3.8) is 0 Å². The maximum atomic E-state index is 13.6. The lowest BCUT2D eigenvalue weighted by atomic mass is 10.1. The van der Waals surface area contributed by atoms with Gasteiger partial charge < -0.3 is 4.42 Å². The van der Waals surface area contributed by atoms with Crippen LogP contribution in [0.2, 0.25) is 5.02 Å². The molecule has 0 saturated carbocycles. The molecule has 96 valence electrons. The molecule has 0 aliphatic heterocycles. The first-order chi connectivity index (χ1) is 8.56. The predicted octanol–water partition coefficient (Wildman–Crippen LogP) is 3.95. The average Bonchev–Trinajstić information content (AvgIpc) is 2.70. The van der Waals surface area contributed by atoms with Gasteiger partial charge in [0.1, 0.15) is 5.82 Å². The second-order valence-corrected chi connectivity index (χ2v) is 5.94. The summed E-state index contributed by atoms with van der Waals surface area (Å²) in [5.41, 5.74) is 0.379. The first-order valence-corrected chi connectivity index (χ1v) is 6.74. The highest BCUT2D eigenvalue weighted by Gasteiger charge is 2.13. The third-order valence-corrected chi connectivity index (χ3v) is 3.37. The summed E-state index contributed by atoms with van der Waals surface area (Å²) < 4.78 is 19.0. The van der Waals surface area contributed by atoms with Gasteiger partial charge >= 0.3 is 0 Å². The monoisotopic (exact) mass is 286 g/mol. The summed E-state index contributed by atoms with van der Waals surface area (Å²) in [5.74, 6) is 0.00362. The molecule has 0 atom stereocenters. The van der Waals surface area contributed by atoms with Gasteiger partial charge in [0.15, 0.2) is 0 Å². The van der Waals surface area contributed by atoms with Crippen LogP contribution in [0, 0.1) is 5.82 Å². The number of rotatable bonds is 4. The van der Waals surface area contributed by atoms with Gasteiger partial charge in [-0.3, -0.25) is 0 Å². The second kappa shape index (κ2) is 5.71. The summed E-state index contributed by atoms with van der Waals surface area (Å²) in [4.78, 5) is 0. The SMILES string of the molecule is CC(C)Sc1nnc(Cc2c(F)cccc2Cl)o1. The third kappa shape index (κ3) is 3.23. The Balaban J connectivity index is 2.16. The maximum absolute atomic E-state index is 13.6. The average molecular weight is 287 g/mol. The molecule has 3 nitrogen and oxygen atoms in total. The van der Waals surface area contributed by atoms with Crippen LogP contribution < -0.4 is 0 Å². The van der Waals surface area contributed by atoms with Gasteiger partial charge in [-0.05, 0) is 12.1 Å². The Hall–Kier alpha value is -1.07. The predicted molar refractivity (Wildman–Crippen MR) is 69.5 cm³/mol. The van der Waals surface area contributed by atoms with Gasteiger partial charge in [0.05, 0.1) is 6.42 Å². The first kappa shape index (κ1) is 13.4. The van der Waals surface area contributed by atoms with Crippen LogP contribution in [0.5, 0.6) is 0 Å². The minimum absolute atomic E-state index is 0.206. The molecule has 0 spiro atoms. The molecule has 0 aliphatic rings. The van der Waals surface area contributed by atoms with Crippen LogP contribution in [0.3, 0.4) is 0 Å². The lowest BCUT2D eigenvalue weighted by molar-refractivity contribution is 0.418. The van der Waals surface area contributed by atoms with Gasteiger partial charge in [-0.25, -0.2) is 4.39 Å². The molecule has 0 saturated heterocycles. The van der Waals surface area contributed by atoms with Crippen molar-refractivity contribution in [1.29, 1.82) is 0 Å². The number of hydrogen-bond acceptors (Lipinski definition) is 4. The molecule has 0 amide bonds. The van der Waals surface area contributed by atoms with E-state index < -0.39 is 0 Å². The topological polar surface area (TPSA) is 38.9 Å². The van der Waals surface area contributed by atoms with Crippen LogP contribution in [0.25, 0.3) is 0 Å². The van der Waals surface area contributed by atoms with E-state index in [0.717, 1.165) is 0 Å². The van der Waals surface area contributed by atoms with Gasteiger partial charge in [0.2, 0.25) is 5.89 Å². The lowest BCUT2D eigenvalue weighted by Crippen LogP contribution is -1.94. The molecule has 2 aromatic rings. The standard InChI is InChI=1S/C12H12ClFN2OS/c1-7(2)18-12-16-15-11(17-12)6-8-9(13)4-3-5-10(8)14/h3-5,7H,6H2,1-2H3. The fourth-order valence-corrected chi connectivity index (χ4v) is 2.28. The molecule has 0 aliphatic carbocycles. The molecule has 2 rings (SSSR count). The van der Waals surface area contributed by atoms with Crippen LogP contribution in [-0.2, 0) is 6.42 Å². The Kier molecular flexibility index (Phi) is 4.24. The van der Waals surface area contributed by atoms with Crippen molar-refractivity contribution >= 4 is 23.4 Å². The number of aromatic nitrogens is 2. The summed E-state index contributed by atoms with van der Waals surface area (Å²) in [6, 6.07) is 4.57. The van der Waals surface area contributed by atoms with Gasteiger partial charge in [-0.1, -0.05) is 43.3 Å². The van der Waals surface area contributed by atoms with Crippen molar-refractivity contribution < 1.29 is 8.81 Å². The Labute approximate surface area is 114 Å². The Morgan fingerprint density at radius 2 is 2.17 bits per heavy atom. The lowest BCUT2D eigenvalue weighted by Gasteiger charge is -2.02. The summed E-state index contributed by atoms with van der Waals surface area (Å²) >= 11 is 7.41. The molecule has 0 bridgehead atoms. The number of thioether (sulfide) groups is 1. The molecule has 18 heavy (non-hydrogen) atoms. The molecule has 6 heteroatoms. The van der Waals surface area contributed by atoms with Crippen molar-refractivity contribution in [1.82, 2.24) is 10.2 Å². The summed E-state index contributed by atoms with van der Waals surface area (Å²) in [5, 5.41) is 8.99. The molecule has 1 heterocycles. The fourth-order valence-electron chi connectivity index (χ4n) is 1.41. The molecule has 0 N–H and O–H groups in total. The zero-order valence-electron chi connectivity index (χ0n) is 9.98. The van der Waals surface area contributed by atoms with E-state index in [2.05, 4.69) is 10.2 Å². The smallest absolute Gasteiger partial charge is 0.276 e. The first-order valence-electron chi connectivity index (χ1n) is 5.48. The van der Waals surface area contributed by atoms with Crippen molar-refractivity contribution in [2.45, 2.75) is 30.7 Å². The van der Waals surface area contributed by atoms with Crippen LogP contribution in [0.15, 0.2) is 27.8 Å². The van der Waals surface area contributed by atoms with E-state index in [0.29, 0.717) is 26.9 Å². The van der Waals surface area contributed by atoms with Crippen LogP contribution in [0.4, 0.5) is 4.39 Å². The molecule has 0 fully saturated rings. The van der Waals surface area contributed by atoms with Gasteiger partial charge in [-0.2, -0.15) is 0 Å². The van der Waals surface area contributed by atoms with E-state index in [9.17, 15) is 4.39 Å². The summed E-state index contributed by atoms with van der Waals surface area (Å²) in [6.45, 7) is 4.06. The van der Waals surface area contributed by atoms with Crippen molar-refractivity contribution in [2.24, 2.45) is 0 Å². The molecule has 1 aromatic heterocycles. The van der Waals surface area contributed by atoms with Crippen LogP contribution in [0.1, 0.15) is 25.3 Å². The number of benzene rings is 1. The highest BCUT2D eigenvalue weighted by Crippen LogP contribution is 2.25. The van der Waals surface area contributed by atoms with Gasteiger partial charge in [0.25, 0.3) is 5.22 Å². The van der Waals surface area contributed by atoms with Gasteiger partial charge in [0, 0.05) is 15.8 Å². The van der Waals surface area contributed by atoms with Gasteiger partial charge in [-0.15, -0.1) is 10.2 Å². The number of halogens is 2. The van der Waals surface area contributed by atoms with Crippen molar-refractivity contribution in [2.75, 3.05) is 0 Å². The van der Waals surface area contributed by atoms with Crippen molar-refractivity contribution in [3.8, 4) is 0 Å². The normalized spacial score (nSPS) is 11.2.